The topological polar surface area (TPSA) is 96.5 Å². The third-order valence-electron chi connectivity index (χ3n) is 3.23. The second-order valence-corrected chi connectivity index (χ2v) is 4.97. The second kappa shape index (κ2) is 7.56. The second-order valence-electron chi connectivity index (χ2n) is 4.97. The molecule has 1 atom stereocenters. The summed E-state index contributed by atoms with van der Waals surface area (Å²) in [5, 5.41) is 2.65. The van der Waals surface area contributed by atoms with Gasteiger partial charge in [-0.15, -0.1) is 0 Å². The highest BCUT2D eigenvalue weighted by atomic mass is 16.5. The number of carbonyl (C=O) groups is 3. The smallest absolute Gasteiger partial charge is 0.340 e. The zero-order chi connectivity index (χ0) is 15.9. The highest BCUT2D eigenvalue weighted by molar-refractivity contribution is 6.04. The number of unbranched alkanes of at least 4 members (excludes halogenated alkanes) is 1. The first-order valence-corrected chi connectivity index (χ1v) is 7.23. The number of amides is 2. The summed E-state index contributed by atoms with van der Waals surface area (Å²) in [7, 11) is 0. The van der Waals surface area contributed by atoms with Gasteiger partial charge in [-0.05, 0) is 18.6 Å². The molecule has 1 saturated heterocycles. The minimum Gasteiger partial charge on any atom is -0.462 e. The first kappa shape index (κ1) is 16.0. The van der Waals surface area contributed by atoms with Crippen LogP contribution in [0.3, 0.4) is 0 Å². The normalized spacial score (nSPS) is 17.0. The molecule has 1 aromatic rings. The van der Waals surface area contributed by atoms with Crippen LogP contribution in [0.4, 0.5) is 5.69 Å². The van der Waals surface area contributed by atoms with E-state index in [-0.39, 0.29) is 18.2 Å². The van der Waals surface area contributed by atoms with Gasteiger partial charge in [0.2, 0.25) is 11.8 Å². The van der Waals surface area contributed by atoms with Gasteiger partial charge in [0.05, 0.1) is 24.3 Å². The molecule has 1 aromatic carbocycles. The molecule has 7 nitrogen and oxygen atoms in total. The Labute approximate surface area is 128 Å². The third kappa shape index (κ3) is 4.05. The molecule has 1 unspecified atom stereocenters. The zero-order valence-electron chi connectivity index (χ0n) is 12.3. The van der Waals surface area contributed by atoms with Gasteiger partial charge in [-0.1, -0.05) is 25.5 Å². The molecule has 0 aliphatic carbocycles. The molecule has 1 aliphatic rings. The number of hydrogen-bond donors (Lipinski definition) is 3. The standard InChI is InChI=1S/C15H19N3O4/c1-2-3-8-22-15(21)10-6-4-5-7-11(10)16-14(20)12-9-13(19)18-17-12/h4-7,12,17H,2-3,8-9H2,1H3,(H,16,20)(H,18,19). The van der Waals surface area contributed by atoms with E-state index in [1.807, 2.05) is 6.92 Å². The molecule has 1 heterocycles. The molecular weight excluding hydrogens is 286 g/mol. The highest BCUT2D eigenvalue weighted by Gasteiger charge is 2.28. The number of para-hydroxylation sites is 1. The Morgan fingerprint density at radius 3 is 2.82 bits per heavy atom. The summed E-state index contributed by atoms with van der Waals surface area (Å²) in [5.41, 5.74) is 5.62. The van der Waals surface area contributed by atoms with Crippen LogP contribution in [-0.2, 0) is 14.3 Å². The molecule has 2 rings (SSSR count). The molecule has 1 fully saturated rings. The summed E-state index contributed by atoms with van der Waals surface area (Å²) >= 11 is 0. The van der Waals surface area contributed by atoms with Gasteiger partial charge in [0.25, 0.3) is 0 Å². The Hall–Kier alpha value is -2.41. The van der Waals surface area contributed by atoms with Crippen molar-refractivity contribution in [3.63, 3.8) is 0 Å². The average molecular weight is 305 g/mol. The van der Waals surface area contributed by atoms with Crippen molar-refractivity contribution < 1.29 is 19.1 Å². The van der Waals surface area contributed by atoms with E-state index in [1.54, 1.807) is 24.3 Å². The van der Waals surface area contributed by atoms with Crippen LogP contribution < -0.4 is 16.2 Å². The van der Waals surface area contributed by atoms with Crippen LogP contribution in [-0.4, -0.2) is 30.4 Å². The minimum absolute atomic E-state index is 0.0644. The SMILES string of the molecule is CCCCOC(=O)c1ccccc1NC(=O)C1CC(=O)NN1. The number of carbonyl (C=O) groups excluding carboxylic acids is 3. The van der Waals surface area contributed by atoms with E-state index >= 15 is 0 Å². The number of hydrogen-bond acceptors (Lipinski definition) is 5. The number of anilines is 1. The summed E-state index contributed by atoms with van der Waals surface area (Å²) in [5.74, 6) is -1.10. The van der Waals surface area contributed by atoms with Crippen molar-refractivity contribution in [3.05, 3.63) is 29.8 Å². The average Bonchev–Trinajstić information content (AvgIpc) is 2.94. The van der Waals surface area contributed by atoms with Gasteiger partial charge in [-0.25, -0.2) is 10.2 Å². The van der Waals surface area contributed by atoms with Gasteiger partial charge in [0, 0.05) is 0 Å². The first-order valence-electron chi connectivity index (χ1n) is 7.23. The number of esters is 1. The first-order chi connectivity index (χ1) is 10.6. The summed E-state index contributed by atoms with van der Waals surface area (Å²) in [6, 6.07) is 5.97. The van der Waals surface area contributed by atoms with Gasteiger partial charge in [0.1, 0.15) is 6.04 Å². The van der Waals surface area contributed by atoms with E-state index < -0.39 is 12.0 Å². The van der Waals surface area contributed by atoms with Gasteiger partial charge in [0.15, 0.2) is 0 Å². The minimum atomic E-state index is -0.656. The predicted octanol–water partition coefficient (Wildman–Crippen LogP) is 0.975. The Kier molecular flexibility index (Phi) is 5.48. The predicted molar refractivity (Wildman–Crippen MR) is 79.9 cm³/mol. The van der Waals surface area contributed by atoms with Gasteiger partial charge in [-0.2, -0.15) is 0 Å². The van der Waals surface area contributed by atoms with Crippen LogP contribution in [0.15, 0.2) is 24.3 Å². The van der Waals surface area contributed by atoms with Crippen LogP contribution in [0.5, 0.6) is 0 Å². The lowest BCUT2D eigenvalue weighted by Crippen LogP contribution is -2.40. The van der Waals surface area contributed by atoms with Crippen molar-refractivity contribution in [1.82, 2.24) is 10.9 Å². The monoisotopic (exact) mass is 305 g/mol. The van der Waals surface area contributed by atoms with Crippen LogP contribution in [0.1, 0.15) is 36.5 Å². The summed E-state index contributed by atoms with van der Waals surface area (Å²) in [4.78, 5) is 35.2. The van der Waals surface area contributed by atoms with Crippen molar-refractivity contribution in [3.8, 4) is 0 Å². The molecular formula is C15H19N3O4. The lowest BCUT2D eigenvalue weighted by Gasteiger charge is -2.13. The molecule has 0 radical (unpaired) electrons. The maximum Gasteiger partial charge on any atom is 0.340 e. The Morgan fingerprint density at radius 2 is 2.14 bits per heavy atom. The largest absolute Gasteiger partial charge is 0.462 e. The molecule has 0 aromatic heterocycles. The Morgan fingerprint density at radius 1 is 1.36 bits per heavy atom. The fourth-order valence-electron chi connectivity index (χ4n) is 1.99. The fraction of sp³-hybridized carbons (Fsp3) is 0.400. The number of ether oxygens (including phenoxy) is 1. The van der Waals surface area contributed by atoms with Crippen molar-refractivity contribution in [1.29, 1.82) is 0 Å². The molecule has 1 aliphatic heterocycles. The van der Waals surface area contributed by atoms with Crippen molar-refractivity contribution in [2.75, 3.05) is 11.9 Å². The molecule has 0 bridgehead atoms. The van der Waals surface area contributed by atoms with Crippen LogP contribution in [0.25, 0.3) is 0 Å². The molecule has 0 saturated carbocycles. The van der Waals surface area contributed by atoms with Crippen LogP contribution >= 0.6 is 0 Å². The Bertz CT molecular complexity index is 574. The van der Waals surface area contributed by atoms with Gasteiger partial charge in [-0.3, -0.25) is 15.0 Å². The van der Waals surface area contributed by atoms with E-state index in [0.29, 0.717) is 17.9 Å². The fourth-order valence-corrected chi connectivity index (χ4v) is 1.99. The molecule has 0 spiro atoms. The molecule has 7 heteroatoms. The number of hydrazine groups is 1. The van der Waals surface area contributed by atoms with E-state index in [1.165, 1.54) is 0 Å². The molecule has 2 amide bonds. The Balaban J connectivity index is 2.03. The van der Waals surface area contributed by atoms with Crippen LogP contribution in [0.2, 0.25) is 0 Å². The summed E-state index contributed by atoms with van der Waals surface area (Å²) < 4.78 is 5.16. The van der Waals surface area contributed by atoms with Crippen molar-refractivity contribution in [2.24, 2.45) is 0 Å². The third-order valence-corrected chi connectivity index (χ3v) is 3.23. The van der Waals surface area contributed by atoms with E-state index in [0.717, 1.165) is 12.8 Å². The molecule has 22 heavy (non-hydrogen) atoms. The maximum atomic E-state index is 12.1. The van der Waals surface area contributed by atoms with Crippen molar-refractivity contribution >= 4 is 23.5 Å². The number of benzene rings is 1. The lowest BCUT2D eigenvalue weighted by molar-refractivity contribution is -0.121. The quantitative estimate of drug-likeness (QED) is 0.537. The van der Waals surface area contributed by atoms with E-state index in [4.69, 9.17) is 4.74 Å². The number of nitrogens with one attached hydrogen (secondary N) is 3. The zero-order valence-corrected chi connectivity index (χ0v) is 12.3. The number of rotatable bonds is 6. The summed E-state index contributed by atoms with van der Waals surface area (Å²) in [6.07, 6.45) is 1.79. The van der Waals surface area contributed by atoms with Crippen LogP contribution in [0, 0.1) is 0 Å². The lowest BCUT2D eigenvalue weighted by atomic mass is 10.1. The molecule has 118 valence electrons. The van der Waals surface area contributed by atoms with Crippen molar-refractivity contribution in [2.45, 2.75) is 32.2 Å². The van der Waals surface area contributed by atoms with Gasteiger partial charge >= 0.3 is 5.97 Å². The van der Waals surface area contributed by atoms with E-state index in [9.17, 15) is 14.4 Å². The maximum absolute atomic E-state index is 12.1. The summed E-state index contributed by atoms with van der Waals surface area (Å²) in [6.45, 7) is 2.35. The molecule has 3 N–H and O–H groups in total. The van der Waals surface area contributed by atoms with E-state index in [2.05, 4.69) is 16.2 Å². The van der Waals surface area contributed by atoms with Gasteiger partial charge < -0.3 is 10.1 Å². The highest BCUT2D eigenvalue weighted by Crippen LogP contribution is 2.17.